The van der Waals surface area contributed by atoms with Crippen molar-refractivity contribution in [2.75, 3.05) is 13.2 Å². The van der Waals surface area contributed by atoms with E-state index in [4.69, 9.17) is 14.2 Å². The number of hydrogen-bond acceptors (Lipinski definition) is 6. The highest BCUT2D eigenvalue weighted by molar-refractivity contribution is 5.71. The van der Waals surface area contributed by atoms with E-state index in [2.05, 4.69) is 93.7 Å². The van der Waals surface area contributed by atoms with Gasteiger partial charge in [0.2, 0.25) is 0 Å². The Morgan fingerprint density at radius 1 is 0.304 bits per heavy atom. The molecule has 0 heterocycles. The van der Waals surface area contributed by atoms with Gasteiger partial charge in [-0.2, -0.15) is 0 Å². The molecule has 0 N–H and O–H groups in total. The van der Waals surface area contributed by atoms with Crippen LogP contribution in [0.3, 0.4) is 0 Å². The number of hydrogen-bond donors (Lipinski definition) is 0. The third-order valence-electron chi connectivity index (χ3n) is 12.7. The van der Waals surface area contributed by atoms with E-state index in [9.17, 15) is 14.4 Å². The van der Waals surface area contributed by atoms with Gasteiger partial charge in [-0.1, -0.05) is 273 Å². The van der Waals surface area contributed by atoms with E-state index in [0.29, 0.717) is 19.3 Å². The van der Waals surface area contributed by atoms with Crippen molar-refractivity contribution in [2.45, 2.75) is 297 Å². The summed E-state index contributed by atoms with van der Waals surface area (Å²) in [6, 6.07) is 0. The first-order valence-corrected chi connectivity index (χ1v) is 29.4. The Labute approximate surface area is 427 Å². The smallest absolute Gasteiger partial charge is 0.306 e. The normalized spacial score (nSPS) is 12.6. The van der Waals surface area contributed by atoms with Gasteiger partial charge in [0, 0.05) is 19.3 Å². The molecule has 1 atom stereocenters. The van der Waals surface area contributed by atoms with E-state index >= 15 is 0 Å². The summed E-state index contributed by atoms with van der Waals surface area (Å²) >= 11 is 0. The summed E-state index contributed by atoms with van der Waals surface area (Å²) in [5.74, 6) is -0.897. The third kappa shape index (κ3) is 55.6. The van der Waals surface area contributed by atoms with Crippen molar-refractivity contribution < 1.29 is 28.6 Å². The predicted molar refractivity (Wildman–Crippen MR) is 298 cm³/mol. The molecule has 0 aliphatic rings. The van der Waals surface area contributed by atoms with Crippen LogP contribution in [0.4, 0.5) is 0 Å². The number of carbonyl (C=O) groups excluding carboxylic acids is 3. The Bertz CT molecular complexity index is 1290. The number of esters is 3. The van der Waals surface area contributed by atoms with Crippen molar-refractivity contribution in [3.8, 4) is 0 Å². The molecule has 6 nitrogen and oxygen atoms in total. The number of carbonyl (C=O) groups is 3. The van der Waals surface area contributed by atoms with Gasteiger partial charge in [0.25, 0.3) is 0 Å². The zero-order valence-corrected chi connectivity index (χ0v) is 45.6. The molecule has 0 aromatic carbocycles. The third-order valence-corrected chi connectivity index (χ3v) is 12.7. The average Bonchev–Trinajstić information content (AvgIpc) is 3.35. The molecule has 0 saturated heterocycles. The van der Waals surface area contributed by atoms with Crippen molar-refractivity contribution in [3.63, 3.8) is 0 Å². The average molecular weight is 964 g/mol. The van der Waals surface area contributed by atoms with Gasteiger partial charge in [0.15, 0.2) is 6.10 Å². The summed E-state index contributed by atoms with van der Waals surface area (Å²) in [5, 5.41) is 0. The van der Waals surface area contributed by atoms with Crippen LogP contribution in [-0.4, -0.2) is 37.2 Å². The van der Waals surface area contributed by atoms with Gasteiger partial charge in [0.05, 0.1) is 0 Å². The lowest BCUT2D eigenvalue weighted by Crippen LogP contribution is -2.30. The molecule has 0 saturated carbocycles. The minimum absolute atomic E-state index is 0.0803. The molecular weight excluding hydrogens is 853 g/mol. The Morgan fingerprint density at radius 2 is 0.565 bits per heavy atom. The maximum atomic E-state index is 12.8. The second-order valence-corrected chi connectivity index (χ2v) is 19.5. The lowest BCUT2D eigenvalue weighted by atomic mass is 10.0. The lowest BCUT2D eigenvalue weighted by molar-refractivity contribution is -0.167. The first-order valence-electron chi connectivity index (χ1n) is 29.4. The molecule has 69 heavy (non-hydrogen) atoms. The molecule has 0 bridgehead atoms. The molecule has 0 spiro atoms. The predicted octanol–water partition coefficient (Wildman–Crippen LogP) is 19.8. The molecule has 0 aliphatic carbocycles. The molecule has 0 aromatic rings. The van der Waals surface area contributed by atoms with Crippen LogP contribution >= 0.6 is 0 Å². The fourth-order valence-corrected chi connectivity index (χ4v) is 8.33. The number of ether oxygens (including phenoxy) is 3. The second kappa shape index (κ2) is 57.4. The molecule has 0 radical (unpaired) electrons. The quantitative estimate of drug-likeness (QED) is 0.0262. The van der Waals surface area contributed by atoms with E-state index < -0.39 is 6.10 Å². The van der Waals surface area contributed by atoms with Crippen LogP contribution in [-0.2, 0) is 28.6 Å². The second-order valence-electron chi connectivity index (χ2n) is 19.5. The molecule has 398 valence electrons. The maximum absolute atomic E-state index is 12.8. The summed E-state index contributed by atoms with van der Waals surface area (Å²) in [6.07, 6.45) is 73.3. The molecule has 0 aliphatic heterocycles. The molecule has 0 aromatic heterocycles. The van der Waals surface area contributed by atoms with Crippen molar-refractivity contribution >= 4 is 17.9 Å². The molecule has 0 fully saturated rings. The van der Waals surface area contributed by atoms with Crippen LogP contribution in [0.1, 0.15) is 290 Å². The van der Waals surface area contributed by atoms with Gasteiger partial charge in [-0.15, -0.1) is 0 Å². The number of unbranched alkanes of at least 4 members (excludes halogenated alkanes) is 30. The van der Waals surface area contributed by atoms with Crippen LogP contribution in [0.15, 0.2) is 72.9 Å². The van der Waals surface area contributed by atoms with Gasteiger partial charge in [0.1, 0.15) is 13.2 Å². The van der Waals surface area contributed by atoms with E-state index in [0.717, 1.165) is 109 Å². The number of allylic oxidation sites excluding steroid dienone is 12. The fourth-order valence-electron chi connectivity index (χ4n) is 8.33. The summed E-state index contributed by atoms with van der Waals surface area (Å²) < 4.78 is 16.8. The highest BCUT2D eigenvalue weighted by atomic mass is 16.6. The van der Waals surface area contributed by atoms with Crippen LogP contribution in [0.5, 0.6) is 0 Å². The van der Waals surface area contributed by atoms with Gasteiger partial charge in [-0.05, 0) is 70.6 Å². The van der Waals surface area contributed by atoms with E-state index in [1.807, 2.05) is 0 Å². The van der Waals surface area contributed by atoms with Crippen molar-refractivity contribution in [1.29, 1.82) is 0 Å². The van der Waals surface area contributed by atoms with Gasteiger partial charge in [-0.3, -0.25) is 14.4 Å². The Morgan fingerprint density at radius 3 is 0.884 bits per heavy atom. The summed E-state index contributed by atoms with van der Waals surface area (Å²) in [6.45, 7) is 6.51. The van der Waals surface area contributed by atoms with E-state index in [1.54, 1.807) is 0 Å². The Balaban J connectivity index is 4.30. The molecule has 0 amide bonds. The highest BCUT2D eigenvalue weighted by Crippen LogP contribution is 2.16. The van der Waals surface area contributed by atoms with Crippen LogP contribution in [0, 0.1) is 0 Å². The monoisotopic (exact) mass is 963 g/mol. The molecule has 6 heteroatoms. The standard InChI is InChI=1S/C63H110O6/c1-4-7-10-13-16-19-21-23-25-27-29-30-31-32-34-35-37-39-41-44-47-50-53-56-62(65)68-59-60(58-67-61(64)55-52-49-46-43-18-15-12-9-6-3)69-63(66)57-54-51-48-45-42-40-38-36-33-28-26-24-22-20-17-14-11-8-5-2/h7,10,16,19,23,25,29-30,32,34,37,39,60H,4-6,8-9,11-15,17-18,20-22,24,26-28,31,33,35-36,38,40-59H2,1-3H3/b10-7-,19-16-,25-23-,30-29-,34-32-,39-37-. The van der Waals surface area contributed by atoms with E-state index in [-0.39, 0.29) is 31.1 Å². The Kier molecular flexibility index (Phi) is 54.8. The summed E-state index contributed by atoms with van der Waals surface area (Å²) in [7, 11) is 0. The van der Waals surface area contributed by atoms with Crippen LogP contribution in [0.2, 0.25) is 0 Å². The maximum Gasteiger partial charge on any atom is 0.306 e. The zero-order chi connectivity index (χ0) is 50.0. The zero-order valence-electron chi connectivity index (χ0n) is 45.6. The molecular formula is C63H110O6. The van der Waals surface area contributed by atoms with E-state index in [1.165, 1.54) is 141 Å². The fraction of sp³-hybridized carbons (Fsp3) is 0.762. The van der Waals surface area contributed by atoms with Crippen molar-refractivity contribution in [2.24, 2.45) is 0 Å². The largest absolute Gasteiger partial charge is 0.462 e. The van der Waals surface area contributed by atoms with Gasteiger partial charge >= 0.3 is 17.9 Å². The highest BCUT2D eigenvalue weighted by Gasteiger charge is 2.19. The first-order chi connectivity index (χ1) is 34.0. The topological polar surface area (TPSA) is 78.9 Å². The summed E-state index contributed by atoms with van der Waals surface area (Å²) in [4.78, 5) is 38.1. The SMILES string of the molecule is CC/C=C\C/C=C\C/C=C\C/C=C\C/C=C\C/C=C\CCCCCCC(=O)OCC(COC(=O)CCCCCCCCCCC)OC(=O)CCCCCCCCCCCCCCCCCCCCC. The van der Waals surface area contributed by atoms with Crippen molar-refractivity contribution in [1.82, 2.24) is 0 Å². The van der Waals surface area contributed by atoms with Gasteiger partial charge in [-0.25, -0.2) is 0 Å². The minimum Gasteiger partial charge on any atom is -0.462 e. The van der Waals surface area contributed by atoms with Gasteiger partial charge < -0.3 is 14.2 Å². The Hall–Kier alpha value is -3.15. The van der Waals surface area contributed by atoms with Crippen LogP contribution < -0.4 is 0 Å². The molecule has 1 unspecified atom stereocenters. The van der Waals surface area contributed by atoms with Crippen LogP contribution in [0.25, 0.3) is 0 Å². The number of rotatable bonds is 53. The molecule has 0 rings (SSSR count). The first kappa shape index (κ1) is 65.8. The summed E-state index contributed by atoms with van der Waals surface area (Å²) in [5.41, 5.74) is 0. The lowest BCUT2D eigenvalue weighted by Gasteiger charge is -2.18. The van der Waals surface area contributed by atoms with Crippen molar-refractivity contribution in [3.05, 3.63) is 72.9 Å². The minimum atomic E-state index is -0.782.